The minimum absolute atomic E-state index is 0. The number of nitrogens with zero attached hydrogens (tertiary/aromatic N) is 3. The third kappa shape index (κ3) is 8.07. The Hall–Kier alpha value is -1.77. The summed E-state index contributed by atoms with van der Waals surface area (Å²) < 4.78 is 7.40. The molecule has 0 saturated carbocycles. The maximum absolute atomic E-state index is 5.35. The molecule has 2 aromatic heterocycles. The molecule has 2 aromatic rings. The SMILES string of the molecule is C=C(C)CN=C(NCCCn1nc(C)cc1C)NCCc1ccco1.I. The van der Waals surface area contributed by atoms with E-state index in [1.807, 2.05) is 30.7 Å². The molecule has 2 rings (SSSR count). The van der Waals surface area contributed by atoms with E-state index in [2.05, 4.69) is 40.3 Å². The first-order valence-corrected chi connectivity index (χ1v) is 8.74. The molecule has 0 aliphatic carbocycles. The highest BCUT2D eigenvalue weighted by molar-refractivity contribution is 14.0. The third-order valence-electron chi connectivity index (χ3n) is 3.69. The Morgan fingerprint density at radius 2 is 2.08 bits per heavy atom. The molecule has 2 heterocycles. The molecule has 0 amide bonds. The van der Waals surface area contributed by atoms with E-state index < -0.39 is 0 Å². The molecule has 0 unspecified atom stereocenters. The Labute approximate surface area is 173 Å². The Bertz CT molecular complexity index is 691. The average molecular weight is 471 g/mol. The van der Waals surface area contributed by atoms with Crippen molar-refractivity contribution in [1.82, 2.24) is 20.4 Å². The van der Waals surface area contributed by atoms with E-state index in [0.29, 0.717) is 6.54 Å². The van der Waals surface area contributed by atoms with Gasteiger partial charge in [-0.05, 0) is 45.4 Å². The standard InChI is InChI=1S/C19H29N5O.HI/c1-15(2)14-22-19(21-10-8-18-7-5-12-25-18)20-9-6-11-24-17(4)13-16(3)23-24;/h5,7,12-13H,1,6,8-11,14H2,2-4H3,(H2,20,21,22);1H. The Morgan fingerprint density at radius 3 is 2.69 bits per heavy atom. The normalized spacial score (nSPS) is 11.1. The fraction of sp³-hybridized carbons (Fsp3) is 0.474. The summed E-state index contributed by atoms with van der Waals surface area (Å²) in [4.78, 5) is 4.55. The van der Waals surface area contributed by atoms with Gasteiger partial charge in [-0.2, -0.15) is 5.10 Å². The summed E-state index contributed by atoms with van der Waals surface area (Å²) in [6.07, 6.45) is 3.50. The zero-order valence-corrected chi connectivity index (χ0v) is 18.2. The van der Waals surface area contributed by atoms with Crippen molar-refractivity contribution in [3.63, 3.8) is 0 Å². The zero-order chi connectivity index (χ0) is 18.1. The quantitative estimate of drug-likeness (QED) is 0.193. The highest BCUT2D eigenvalue weighted by atomic mass is 127. The first kappa shape index (κ1) is 22.3. The molecular weight excluding hydrogens is 441 g/mol. The van der Waals surface area contributed by atoms with Crippen molar-refractivity contribution in [1.29, 1.82) is 0 Å². The molecule has 0 aliphatic rings. The van der Waals surface area contributed by atoms with Crippen LogP contribution in [-0.2, 0) is 13.0 Å². The Kier molecular flexibility index (Phi) is 10.1. The van der Waals surface area contributed by atoms with Crippen LogP contribution in [0.25, 0.3) is 0 Å². The van der Waals surface area contributed by atoms with Crippen LogP contribution in [0.1, 0.15) is 30.5 Å². The fourth-order valence-electron chi connectivity index (χ4n) is 2.48. The monoisotopic (exact) mass is 471 g/mol. The lowest BCUT2D eigenvalue weighted by atomic mass is 10.3. The number of hydrogen-bond acceptors (Lipinski definition) is 3. The first-order valence-electron chi connectivity index (χ1n) is 8.74. The molecule has 0 radical (unpaired) electrons. The van der Waals surface area contributed by atoms with Gasteiger partial charge < -0.3 is 15.1 Å². The Balaban J connectivity index is 0.00000338. The number of halogens is 1. The van der Waals surface area contributed by atoms with E-state index in [0.717, 1.165) is 55.5 Å². The summed E-state index contributed by atoms with van der Waals surface area (Å²) in [5.41, 5.74) is 3.30. The number of aliphatic imine (C=N–C) groups is 1. The van der Waals surface area contributed by atoms with Crippen LogP contribution in [-0.4, -0.2) is 35.4 Å². The van der Waals surface area contributed by atoms with Crippen molar-refractivity contribution in [3.05, 3.63) is 53.8 Å². The predicted molar refractivity (Wildman–Crippen MR) is 117 cm³/mol. The van der Waals surface area contributed by atoms with Crippen LogP contribution in [0.3, 0.4) is 0 Å². The van der Waals surface area contributed by atoms with Gasteiger partial charge in [0.2, 0.25) is 0 Å². The van der Waals surface area contributed by atoms with Crippen LogP contribution in [0.4, 0.5) is 0 Å². The molecule has 0 saturated heterocycles. The second kappa shape index (κ2) is 11.8. The summed E-state index contributed by atoms with van der Waals surface area (Å²) in [6.45, 7) is 13.1. The molecule has 0 spiro atoms. The van der Waals surface area contributed by atoms with E-state index >= 15 is 0 Å². The molecule has 0 aliphatic heterocycles. The minimum Gasteiger partial charge on any atom is -0.469 e. The number of rotatable bonds is 9. The lowest BCUT2D eigenvalue weighted by Crippen LogP contribution is -2.39. The molecule has 7 heteroatoms. The summed E-state index contributed by atoms with van der Waals surface area (Å²) in [5, 5.41) is 11.2. The van der Waals surface area contributed by atoms with Gasteiger partial charge in [-0.1, -0.05) is 12.2 Å². The summed E-state index contributed by atoms with van der Waals surface area (Å²) >= 11 is 0. The molecule has 6 nitrogen and oxygen atoms in total. The van der Waals surface area contributed by atoms with E-state index in [-0.39, 0.29) is 24.0 Å². The zero-order valence-electron chi connectivity index (χ0n) is 15.9. The molecule has 0 atom stereocenters. The lowest BCUT2D eigenvalue weighted by molar-refractivity contribution is 0.506. The van der Waals surface area contributed by atoms with E-state index in [1.54, 1.807) is 6.26 Å². The first-order chi connectivity index (χ1) is 12.0. The van der Waals surface area contributed by atoms with Crippen LogP contribution in [0.5, 0.6) is 0 Å². The van der Waals surface area contributed by atoms with Gasteiger partial charge in [0.05, 0.1) is 18.5 Å². The summed E-state index contributed by atoms with van der Waals surface area (Å²) in [7, 11) is 0. The second-order valence-corrected chi connectivity index (χ2v) is 6.31. The number of aryl methyl sites for hydroxylation is 3. The smallest absolute Gasteiger partial charge is 0.191 e. The second-order valence-electron chi connectivity index (χ2n) is 6.31. The molecule has 0 bridgehead atoms. The maximum atomic E-state index is 5.35. The van der Waals surface area contributed by atoms with Crippen molar-refractivity contribution in [3.8, 4) is 0 Å². The van der Waals surface area contributed by atoms with E-state index in [4.69, 9.17) is 4.42 Å². The van der Waals surface area contributed by atoms with Gasteiger partial charge in [-0.3, -0.25) is 4.68 Å². The number of furan rings is 1. The van der Waals surface area contributed by atoms with Gasteiger partial charge in [0.15, 0.2) is 5.96 Å². The van der Waals surface area contributed by atoms with Crippen molar-refractivity contribution in [2.75, 3.05) is 19.6 Å². The van der Waals surface area contributed by atoms with Crippen LogP contribution in [0.2, 0.25) is 0 Å². The number of guanidine groups is 1. The largest absolute Gasteiger partial charge is 0.469 e. The van der Waals surface area contributed by atoms with Crippen LogP contribution in [0, 0.1) is 13.8 Å². The van der Waals surface area contributed by atoms with Gasteiger partial charge in [0, 0.05) is 31.7 Å². The van der Waals surface area contributed by atoms with Crippen molar-refractivity contribution < 1.29 is 4.42 Å². The minimum atomic E-state index is 0. The van der Waals surface area contributed by atoms with Crippen LogP contribution in [0.15, 0.2) is 46.0 Å². The molecule has 144 valence electrons. The third-order valence-corrected chi connectivity index (χ3v) is 3.69. The van der Waals surface area contributed by atoms with Crippen LogP contribution >= 0.6 is 24.0 Å². The van der Waals surface area contributed by atoms with Crippen molar-refractivity contribution in [2.45, 2.75) is 40.2 Å². The Morgan fingerprint density at radius 1 is 1.31 bits per heavy atom. The maximum Gasteiger partial charge on any atom is 0.191 e. The molecule has 2 N–H and O–H groups in total. The molecule has 26 heavy (non-hydrogen) atoms. The topological polar surface area (TPSA) is 67.4 Å². The van der Waals surface area contributed by atoms with Gasteiger partial charge in [-0.15, -0.1) is 24.0 Å². The van der Waals surface area contributed by atoms with E-state index in [1.165, 1.54) is 5.69 Å². The lowest BCUT2D eigenvalue weighted by Gasteiger charge is -2.12. The van der Waals surface area contributed by atoms with Gasteiger partial charge in [0.25, 0.3) is 0 Å². The average Bonchev–Trinajstić information content (AvgIpc) is 3.18. The molecule has 0 fully saturated rings. The highest BCUT2D eigenvalue weighted by Gasteiger charge is 2.02. The fourth-order valence-corrected chi connectivity index (χ4v) is 2.48. The molecule has 0 aromatic carbocycles. The number of hydrogen-bond donors (Lipinski definition) is 2. The number of nitrogens with one attached hydrogen (secondary N) is 2. The van der Waals surface area contributed by atoms with Crippen LogP contribution < -0.4 is 10.6 Å². The number of aromatic nitrogens is 2. The van der Waals surface area contributed by atoms with E-state index in [9.17, 15) is 0 Å². The highest BCUT2D eigenvalue weighted by Crippen LogP contribution is 2.02. The summed E-state index contributed by atoms with van der Waals surface area (Å²) in [6, 6.07) is 5.99. The van der Waals surface area contributed by atoms with Crippen molar-refractivity contribution in [2.24, 2.45) is 4.99 Å². The van der Waals surface area contributed by atoms with Gasteiger partial charge >= 0.3 is 0 Å². The van der Waals surface area contributed by atoms with Crippen molar-refractivity contribution >= 4 is 29.9 Å². The summed E-state index contributed by atoms with van der Waals surface area (Å²) in [5.74, 6) is 1.78. The van der Waals surface area contributed by atoms with Gasteiger partial charge in [0.1, 0.15) is 5.76 Å². The van der Waals surface area contributed by atoms with Gasteiger partial charge in [-0.25, -0.2) is 4.99 Å². The predicted octanol–water partition coefficient (Wildman–Crippen LogP) is 3.46. The molecular formula is C19H30IN5O.